The summed E-state index contributed by atoms with van der Waals surface area (Å²) < 4.78 is 143. The Morgan fingerprint density at radius 2 is 1.21 bits per heavy atom. The van der Waals surface area contributed by atoms with Crippen LogP contribution in [-0.2, 0) is 0 Å². The van der Waals surface area contributed by atoms with Crippen LogP contribution in [0.4, 0.5) is 48.3 Å². The molecule has 1 aliphatic heterocycles. The standard InChI is InChI=1S/C12H12F11N/c1-2-9(14,15)8(13)12(22,23)24-4-6(10(16,17)18)3-7(5-24)11(19,20)21/h2,6-8H,1,3-5H2. The fraction of sp³-hybridized carbons (Fsp3) is 0.833. The quantitative estimate of drug-likeness (QED) is 0.385. The van der Waals surface area contributed by atoms with Crippen molar-refractivity contribution in [3.8, 4) is 0 Å². The van der Waals surface area contributed by atoms with Crippen LogP contribution in [0.1, 0.15) is 6.42 Å². The monoisotopic (exact) mass is 379 g/mol. The highest BCUT2D eigenvalue weighted by molar-refractivity contribution is 5.01. The number of nitrogens with zero attached hydrogens (tertiary/aromatic N) is 1. The number of rotatable bonds is 4. The third-order valence-corrected chi connectivity index (χ3v) is 3.71. The minimum Gasteiger partial charge on any atom is -0.241 e. The minimum atomic E-state index is -5.27. The van der Waals surface area contributed by atoms with Crippen LogP contribution in [0.2, 0.25) is 0 Å². The Kier molecular flexibility index (Phi) is 5.54. The van der Waals surface area contributed by atoms with Crippen LogP contribution < -0.4 is 0 Å². The lowest BCUT2D eigenvalue weighted by atomic mass is 9.87. The molecule has 0 saturated carbocycles. The van der Waals surface area contributed by atoms with Crippen LogP contribution in [0, 0.1) is 11.8 Å². The van der Waals surface area contributed by atoms with Crippen molar-refractivity contribution in [1.82, 2.24) is 4.90 Å². The van der Waals surface area contributed by atoms with E-state index in [1.807, 2.05) is 0 Å². The van der Waals surface area contributed by atoms with E-state index in [0.717, 1.165) is 0 Å². The molecule has 3 atom stereocenters. The van der Waals surface area contributed by atoms with Crippen molar-refractivity contribution in [3.63, 3.8) is 0 Å². The molecular weight excluding hydrogens is 367 g/mol. The number of likely N-dealkylation sites (tertiary alicyclic amines) is 1. The van der Waals surface area contributed by atoms with Gasteiger partial charge < -0.3 is 0 Å². The van der Waals surface area contributed by atoms with Crippen molar-refractivity contribution in [3.05, 3.63) is 12.7 Å². The van der Waals surface area contributed by atoms with Crippen LogP contribution >= 0.6 is 0 Å². The zero-order valence-electron chi connectivity index (χ0n) is 11.7. The normalized spacial score (nSPS) is 26.3. The fourth-order valence-electron chi connectivity index (χ4n) is 2.31. The predicted molar refractivity (Wildman–Crippen MR) is 60.3 cm³/mol. The van der Waals surface area contributed by atoms with E-state index >= 15 is 0 Å². The molecule has 0 N–H and O–H groups in total. The molecule has 0 radical (unpaired) electrons. The second kappa shape index (κ2) is 6.34. The van der Waals surface area contributed by atoms with E-state index in [-0.39, 0.29) is 0 Å². The molecule has 3 unspecified atom stereocenters. The third-order valence-electron chi connectivity index (χ3n) is 3.71. The molecule has 0 aromatic heterocycles. The second-order valence-corrected chi connectivity index (χ2v) is 5.45. The average molecular weight is 379 g/mol. The van der Waals surface area contributed by atoms with E-state index < -0.39 is 72.8 Å². The summed E-state index contributed by atoms with van der Waals surface area (Å²) in [4.78, 5) is -0.825. The first kappa shape index (κ1) is 21.0. The first-order valence-electron chi connectivity index (χ1n) is 6.45. The van der Waals surface area contributed by atoms with Crippen molar-refractivity contribution in [2.24, 2.45) is 11.8 Å². The maximum Gasteiger partial charge on any atom is 0.393 e. The molecule has 0 aromatic rings. The number of alkyl halides is 11. The summed E-state index contributed by atoms with van der Waals surface area (Å²) in [5.41, 5.74) is 0. The minimum absolute atomic E-state index is 0.488. The number of piperidine rings is 1. The number of hydrogen-bond acceptors (Lipinski definition) is 1. The lowest BCUT2D eigenvalue weighted by molar-refractivity contribution is -0.286. The second-order valence-electron chi connectivity index (χ2n) is 5.45. The van der Waals surface area contributed by atoms with Crippen LogP contribution in [0.25, 0.3) is 0 Å². The molecule has 1 aliphatic rings. The van der Waals surface area contributed by atoms with Gasteiger partial charge in [-0.15, -0.1) is 0 Å². The molecule has 142 valence electrons. The molecule has 1 nitrogen and oxygen atoms in total. The Morgan fingerprint density at radius 1 is 0.833 bits per heavy atom. The molecule has 0 spiro atoms. The topological polar surface area (TPSA) is 3.24 Å². The zero-order valence-corrected chi connectivity index (χ0v) is 11.7. The van der Waals surface area contributed by atoms with Gasteiger partial charge in [-0.3, -0.25) is 0 Å². The summed E-state index contributed by atoms with van der Waals surface area (Å²) in [6.07, 6.45) is -16.9. The largest absolute Gasteiger partial charge is 0.393 e. The molecule has 1 fully saturated rings. The van der Waals surface area contributed by atoms with Gasteiger partial charge in [-0.2, -0.15) is 43.9 Å². The summed E-state index contributed by atoms with van der Waals surface area (Å²) in [5, 5.41) is 0. The zero-order chi connectivity index (χ0) is 19.1. The van der Waals surface area contributed by atoms with Gasteiger partial charge in [0, 0.05) is 13.1 Å². The summed E-state index contributed by atoms with van der Waals surface area (Å²) in [7, 11) is 0. The Labute approximate surface area is 129 Å². The Balaban J connectivity index is 3.17. The van der Waals surface area contributed by atoms with Gasteiger partial charge in [0.2, 0.25) is 6.17 Å². The Hall–Kier alpha value is -1.07. The van der Waals surface area contributed by atoms with Gasteiger partial charge in [-0.1, -0.05) is 6.58 Å². The van der Waals surface area contributed by atoms with Crippen molar-refractivity contribution >= 4 is 0 Å². The Morgan fingerprint density at radius 3 is 1.50 bits per heavy atom. The first-order chi connectivity index (χ1) is 10.5. The molecule has 1 rings (SSSR count). The highest BCUT2D eigenvalue weighted by atomic mass is 19.4. The number of halogens is 11. The SMILES string of the molecule is C=CC(F)(F)C(F)C(F)(F)N1CC(C(F)(F)F)CC(C(F)(F)F)C1. The van der Waals surface area contributed by atoms with Gasteiger partial charge in [-0.05, 0) is 12.5 Å². The smallest absolute Gasteiger partial charge is 0.241 e. The maximum atomic E-state index is 13.8. The molecule has 12 heteroatoms. The molecular formula is C12H12F11N. The third kappa shape index (κ3) is 4.31. The van der Waals surface area contributed by atoms with E-state index in [0.29, 0.717) is 0 Å². The predicted octanol–water partition coefficient (Wildman–Crippen LogP) is 4.80. The fourth-order valence-corrected chi connectivity index (χ4v) is 2.31. The first-order valence-corrected chi connectivity index (χ1v) is 6.45. The molecule has 1 saturated heterocycles. The van der Waals surface area contributed by atoms with Crippen molar-refractivity contribution in [2.45, 2.75) is 36.9 Å². The lowest BCUT2D eigenvalue weighted by Gasteiger charge is -2.43. The van der Waals surface area contributed by atoms with E-state index in [1.54, 1.807) is 0 Å². The van der Waals surface area contributed by atoms with E-state index in [1.165, 1.54) is 0 Å². The van der Waals surface area contributed by atoms with Crippen LogP contribution in [0.5, 0.6) is 0 Å². The Bertz CT molecular complexity index is 431. The highest BCUT2D eigenvalue weighted by Gasteiger charge is 2.62. The lowest BCUT2D eigenvalue weighted by Crippen LogP contribution is -2.61. The van der Waals surface area contributed by atoms with Crippen LogP contribution in [0.15, 0.2) is 12.7 Å². The summed E-state index contributed by atoms with van der Waals surface area (Å²) in [6, 6.07) is -5.24. The number of allylic oxidation sites excluding steroid dienone is 1. The summed E-state index contributed by atoms with van der Waals surface area (Å²) in [6.45, 7) is -1.03. The molecule has 24 heavy (non-hydrogen) atoms. The van der Waals surface area contributed by atoms with Gasteiger partial charge in [0.1, 0.15) is 0 Å². The van der Waals surface area contributed by atoms with Gasteiger partial charge in [0.25, 0.3) is 0 Å². The van der Waals surface area contributed by atoms with E-state index in [9.17, 15) is 48.3 Å². The van der Waals surface area contributed by atoms with Crippen molar-refractivity contribution in [2.75, 3.05) is 13.1 Å². The number of hydrogen-bond donors (Lipinski definition) is 0. The molecule has 0 aliphatic carbocycles. The maximum absolute atomic E-state index is 13.8. The average Bonchev–Trinajstić information content (AvgIpc) is 2.44. The van der Waals surface area contributed by atoms with Gasteiger partial charge >= 0.3 is 24.3 Å². The van der Waals surface area contributed by atoms with Crippen molar-refractivity contribution in [1.29, 1.82) is 0 Å². The molecule has 0 amide bonds. The summed E-state index contributed by atoms with van der Waals surface area (Å²) >= 11 is 0. The van der Waals surface area contributed by atoms with Crippen molar-refractivity contribution < 1.29 is 48.3 Å². The summed E-state index contributed by atoms with van der Waals surface area (Å²) in [5.74, 6) is -10.5. The van der Waals surface area contributed by atoms with Crippen LogP contribution in [0.3, 0.4) is 0 Å². The van der Waals surface area contributed by atoms with Gasteiger partial charge in [-0.25, -0.2) is 9.29 Å². The van der Waals surface area contributed by atoms with Gasteiger partial charge in [0.05, 0.1) is 11.8 Å². The highest BCUT2D eigenvalue weighted by Crippen LogP contribution is 2.46. The molecule has 1 heterocycles. The van der Waals surface area contributed by atoms with E-state index in [4.69, 9.17) is 0 Å². The molecule has 0 aromatic carbocycles. The van der Waals surface area contributed by atoms with Crippen LogP contribution in [-0.4, -0.2) is 48.5 Å². The van der Waals surface area contributed by atoms with Gasteiger partial charge in [0.15, 0.2) is 0 Å². The molecule has 0 bridgehead atoms. The van der Waals surface area contributed by atoms with E-state index in [2.05, 4.69) is 6.58 Å².